The first-order chi connectivity index (χ1) is 14.7. The van der Waals surface area contributed by atoms with Gasteiger partial charge in [-0.3, -0.25) is 19.8 Å². The quantitative estimate of drug-likeness (QED) is 0.218. The Labute approximate surface area is 176 Å². The molecule has 0 radical (unpaired) electrons. The van der Waals surface area contributed by atoms with Gasteiger partial charge in [0.25, 0.3) is 5.91 Å². The second kappa shape index (κ2) is 10.3. The highest BCUT2D eigenvalue weighted by Gasteiger charge is 2.15. The number of carbonyl (C=O) groups excluding carboxylic acids is 2. The molecular weight excluding hydrogens is 408 g/mol. The fourth-order valence-electron chi connectivity index (χ4n) is 2.54. The standard InChI is InChI=1S/C19H20N6O6/c20-19(21)24-13-7-11(6-12(8-13)18(30)31)17(29)23-9-14(26)25-16-10(2-1-5-22-16)3-4-15(27)28/h1-2,5-8H,3-4,9H2,(H,23,29)(H,27,28)(H,30,31)(H4,20,21,24)(H,22,25,26). The number of anilines is 2. The van der Waals surface area contributed by atoms with Gasteiger partial charge in [-0.2, -0.15) is 0 Å². The minimum Gasteiger partial charge on any atom is -0.481 e. The number of hydrogen-bond donors (Lipinski definition) is 7. The number of pyridine rings is 1. The van der Waals surface area contributed by atoms with Crippen molar-refractivity contribution in [2.24, 2.45) is 5.73 Å². The molecule has 0 bridgehead atoms. The van der Waals surface area contributed by atoms with E-state index in [0.717, 1.165) is 6.07 Å². The zero-order valence-electron chi connectivity index (χ0n) is 16.1. The summed E-state index contributed by atoms with van der Waals surface area (Å²) in [5.41, 5.74) is 5.61. The van der Waals surface area contributed by atoms with Gasteiger partial charge in [0.2, 0.25) is 5.91 Å². The molecule has 0 aliphatic carbocycles. The molecular formula is C19H20N6O6. The van der Waals surface area contributed by atoms with Gasteiger partial charge in [0.15, 0.2) is 5.96 Å². The van der Waals surface area contributed by atoms with Crippen LogP contribution in [0, 0.1) is 5.41 Å². The van der Waals surface area contributed by atoms with E-state index in [1.807, 2.05) is 0 Å². The van der Waals surface area contributed by atoms with Crippen molar-refractivity contribution in [3.05, 3.63) is 53.2 Å². The Morgan fingerprint density at radius 3 is 2.42 bits per heavy atom. The van der Waals surface area contributed by atoms with Crippen LogP contribution in [0.2, 0.25) is 0 Å². The number of nitrogens with zero attached hydrogens (tertiary/aromatic N) is 1. The number of amides is 2. The molecule has 31 heavy (non-hydrogen) atoms. The first-order valence-corrected chi connectivity index (χ1v) is 8.89. The molecule has 1 aromatic heterocycles. The van der Waals surface area contributed by atoms with Gasteiger partial charge in [-0.15, -0.1) is 0 Å². The largest absolute Gasteiger partial charge is 0.481 e. The Balaban J connectivity index is 2.05. The normalized spacial score (nSPS) is 10.1. The third-order valence-corrected chi connectivity index (χ3v) is 3.89. The van der Waals surface area contributed by atoms with E-state index < -0.39 is 36.3 Å². The van der Waals surface area contributed by atoms with Crippen LogP contribution in [-0.4, -0.2) is 51.5 Å². The SMILES string of the molecule is N=C(N)Nc1cc(C(=O)O)cc(C(=O)NCC(=O)Nc2ncccc2CCC(=O)O)c1. The van der Waals surface area contributed by atoms with Crippen LogP contribution >= 0.6 is 0 Å². The lowest BCUT2D eigenvalue weighted by atomic mass is 10.1. The minimum absolute atomic E-state index is 0.0589. The minimum atomic E-state index is -1.29. The van der Waals surface area contributed by atoms with Crippen molar-refractivity contribution >= 4 is 41.2 Å². The molecule has 12 nitrogen and oxygen atoms in total. The van der Waals surface area contributed by atoms with E-state index in [4.69, 9.17) is 16.2 Å². The number of carboxylic acid groups (broad SMARTS) is 2. The van der Waals surface area contributed by atoms with Gasteiger partial charge in [-0.05, 0) is 36.2 Å². The lowest BCUT2D eigenvalue weighted by Crippen LogP contribution is -2.33. The van der Waals surface area contributed by atoms with Gasteiger partial charge in [-0.25, -0.2) is 9.78 Å². The fraction of sp³-hybridized carbons (Fsp3) is 0.158. The number of aromatic carboxylic acids is 1. The molecule has 1 heterocycles. The zero-order valence-corrected chi connectivity index (χ0v) is 16.1. The van der Waals surface area contributed by atoms with Crippen molar-refractivity contribution in [1.29, 1.82) is 5.41 Å². The summed E-state index contributed by atoms with van der Waals surface area (Å²) in [6.07, 6.45) is 1.46. The van der Waals surface area contributed by atoms with E-state index in [2.05, 4.69) is 20.9 Å². The van der Waals surface area contributed by atoms with E-state index >= 15 is 0 Å². The number of hydrogen-bond acceptors (Lipinski definition) is 6. The molecule has 162 valence electrons. The maximum atomic E-state index is 12.4. The van der Waals surface area contributed by atoms with Gasteiger partial charge in [0.1, 0.15) is 5.82 Å². The zero-order chi connectivity index (χ0) is 23.0. The third-order valence-electron chi connectivity index (χ3n) is 3.89. The Hall–Kier alpha value is -4.48. The molecule has 12 heteroatoms. The molecule has 2 aromatic rings. The number of carboxylic acids is 2. The number of aryl methyl sites for hydroxylation is 1. The van der Waals surface area contributed by atoms with Gasteiger partial charge in [0.05, 0.1) is 12.1 Å². The number of nitrogens with two attached hydrogens (primary N) is 1. The van der Waals surface area contributed by atoms with E-state index in [-0.39, 0.29) is 35.5 Å². The van der Waals surface area contributed by atoms with Crippen LogP contribution in [-0.2, 0) is 16.0 Å². The molecule has 1 aromatic carbocycles. The monoisotopic (exact) mass is 428 g/mol. The predicted molar refractivity (Wildman–Crippen MR) is 110 cm³/mol. The van der Waals surface area contributed by atoms with Gasteiger partial charge < -0.3 is 31.9 Å². The molecule has 8 N–H and O–H groups in total. The Morgan fingerprint density at radius 1 is 1.06 bits per heavy atom. The van der Waals surface area contributed by atoms with Gasteiger partial charge in [-0.1, -0.05) is 6.07 Å². The maximum Gasteiger partial charge on any atom is 0.335 e. The Kier molecular flexibility index (Phi) is 7.61. The van der Waals surface area contributed by atoms with E-state index in [9.17, 15) is 24.3 Å². The molecule has 0 atom stereocenters. The van der Waals surface area contributed by atoms with E-state index in [1.54, 1.807) is 12.1 Å². The number of rotatable bonds is 9. The molecule has 0 saturated carbocycles. The molecule has 0 saturated heterocycles. The number of carbonyl (C=O) groups is 4. The Bertz CT molecular complexity index is 1040. The number of guanidine groups is 1. The van der Waals surface area contributed by atoms with E-state index in [1.165, 1.54) is 18.3 Å². The molecule has 0 aliphatic heterocycles. The lowest BCUT2D eigenvalue weighted by molar-refractivity contribution is -0.137. The van der Waals surface area contributed by atoms with Crippen LogP contribution in [0.15, 0.2) is 36.5 Å². The molecule has 2 rings (SSSR count). The van der Waals surface area contributed by atoms with Crippen molar-refractivity contribution in [1.82, 2.24) is 10.3 Å². The molecule has 2 amide bonds. The van der Waals surface area contributed by atoms with Crippen molar-refractivity contribution in [3.63, 3.8) is 0 Å². The lowest BCUT2D eigenvalue weighted by Gasteiger charge is -2.11. The van der Waals surface area contributed by atoms with Crippen molar-refractivity contribution in [3.8, 4) is 0 Å². The summed E-state index contributed by atoms with van der Waals surface area (Å²) >= 11 is 0. The number of aliphatic carboxylic acids is 1. The number of aromatic nitrogens is 1. The van der Waals surface area contributed by atoms with Crippen LogP contribution < -0.4 is 21.7 Å². The van der Waals surface area contributed by atoms with Crippen molar-refractivity contribution in [2.45, 2.75) is 12.8 Å². The van der Waals surface area contributed by atoms with Crippen molar-refractivity contribution < 1.29 is 29.4 Å². The highest BCUT2D eigenvalue weighted by Crippen LogP contribution is 2.16. The average molecular weight is 428 g/mol. The van der Waals surface area contributed by atoms with Crippen LogP contribution in [0.5, 0.6) is 0 Å². The van der Waals surface area contributed by atoms with Crippen LogP contribution in [0.25, 0.3) is 0 Å². The first kappa shape index (κ1) is 22.8. The first-order valence-electron chi connectivity index (χ1n) is 8.89. The maximum absolute atomic E-state index is 12.4. The summed E-state index contributed by atoms with van der Waals surface area (Å²) in [5, 5.41) is 32.5. The van der Waals surface area contributed by atoms with Crippen LogP contribution in [0.4, 0.5) is 11.5 Å². The average Bonchev–Trinajstić information content (AvgIpc) is 2.70. The summed E-state index contributed by atoms with van der Waals surface area (Å²) < 4.78 is 0. The summed E-state index contributed by atoms with van der Waals surface area (Å²) in [4.78, 5) is 50.6. The predicted octanol–water partition coefficient (Wildman–Crippen LogP) is 0.471. The van der Waals surface area contributed by atoms with Crippen LogP contribution in [0.1, 0.15) is 32.7 Å². The van der Waals surface area contributed by atoms with Gasteiger partial charge >= 0.3 is 11.9 Å². The van der Waals surface area contributed by atoms with E-state index in [0.29, 0.717) is 5.56 Å². The third kappa shape index (κ3) is 7.12. The van der Waals surface area contributed by atoms with Crippen molar-refractivity contribution in [2.75, 3.05) is 17.2 Å². The summed E-state index contributed by atoms with van der Waals surface area (Å²) in [7, 11) is 0. The topological polar surface area (TPSA) is 208 Å². The molecule has 0 fully saturated rings. The molecule has 0 spiro atoms. The summed E-state index contributed by atoms with van der Waals surface area (Å²) in [6.45, 7) is -0.444. The van der Waals surface area contributed by atoms with Gasteiger partial charge in [0, 0.05) is 23.9 Å². The highest BCUT2D eigenvalue weighted by molar-refractivity contribution is 6.02. The Morgan fingerprint density at radius 2 is 1.77 bits per heavy atom. The fourth-order valence-corrected chi connectivity index (χ4v) is 2.54. The number of nitrogens with one attached hydrogen (secondary N) is 4. The summed E-state index contributed by atoms with van der Waals surface area (Å²) in [6, 6.07) is 6.84. The second-order valence-corrected chi connectivity index (χ2v) is 6.28. The molecule has 0 unspecified atom stereocenters. The van der Waals surface area contributed by atoms with Crippen LogP contribution in [0.3, 0.4) is 0 Å². The molecule has 0 aliphatic rings. The summed E-state index contributed by atoms with van der Waals surface area (Å²) in [5.74, 6) is -3.87. The second-order valence-electron chi connectivity index (χ2n) is 6.28. The number of benzene rings is 1. The smallest absolute Gasteiger partial charge is 0.335 e. The highest BCUT2D eigenvalue weighted by atomic mass is 16.4.